The monoisotopic (exact) mass is 233 g/mol. The Morgan fingerprint density at radius 3 is 2.76 bits per heavy atom. The second-order valence-electron chi connectivity index (χ2n) is 4.58. The zero-order chi connectivity index (χ0) is 12.7. The lowest BCUT2D eigenvalue weighted by atomic mass is 9.99. The molecule has 0 atom stereocenters. The minimum atomic E-state index is 0.563. The average molecular weight is 233 g/mol. The Labute approximate surface area is 105 Å². The van der Waals surface area contributed by atoms with Crippen molar-refractivity contribution in [1.82, 2.24) is 5.32 Å². The average Bonchev–Trinajstić information content (AvgIpc) is 2.29. The van der Waals surface area contributed by atoms with E-state index in [0.717, 1.165) is 6.54 Å². The van der Waals surface area contributed by atoms with Gasteiger partial charge in [0.1, 0.15) is 0 Å². The third-order valence-electron chi connectivity index (χ3n) is 2.74. The summed E-state index contributed by atoms with van der Waals surface area (Å²) >= 11 is 0. The van der Waals surface area contributed by atoms with E-state index in [1.807, 2.05) is 7.05 Å². The van der Waals surface area contributed by atoms with E-state index in [0.29, 0.717) is 12.5 Å². The number of rotatable bonds is 6. The fraction of sp³-hybridized carbons (Fsp3) is 0.467. The molecule has 0 bridgehead atoms. The third-order valence-corrected chi connectivity index (χ3v) is 2.74. The Bertz CT molecular complexity index is 369. The first kappa shape index (κ1) is 13.9. The van der Waals surface area contributed by atoms with Crippen molar-refractivity contribution in [3.05, 3.63) is 41.0 Å². The van der Waals surface area contributed by atoms with E-state index in [1.165, 1.54) is 16.7 Å². The topological polar surface area (TPSA) is 21.3 Å². The molecule has 0 radical (unpaired) electrons. The molecular weight excluding hydrogens is 210 g/mol. The Kier molecular flexibility index (Phi) is 5.95. The van der Waals surface area contributed by atoms with Gasteiger partial charge in [-0.15, -0.1) is 0 Å². The molecule has 0 aliphatic carbocycles. The van der Waals surface area contributed by atoms with Gasteiger partial charge >= 0.3 is 0 Å². The summed E-state index contributed by atoms with van der Waals surface area (Å²) in [6, 6.07) is 8.49. The zero-order valence-corrected chi connectivity index (χ0v) is 11.3. The molecule has 2 nitrogen and oxygen atoms in total. The maximum atomic E-state index is 5.15. The van der Waals surface area contributed by atoms with E-state index in [9.17, 15) is 0 Å². The molecule has 94 valence electrons. The van der Waals surface area contributed by atoms with Crippen LogP contribution >= 0.6 is 0 Å². The fourth-order valence-corrected chi connectivity index (χ4v) is 1.78. The summed E-state index contributed by atoms with van der Waals surface area (Å²) in [5, 5.41) is 3.22. The summed E-state index contributed by atoms with van der Waals surface area (Å²) in [4.78, 5) is 0. The summed E-state index contributed by atoms with van der Waals surface area (Å²) in [6.45, 7) is 6.06. The van der Waals surface area contributed by atoms with E-state index in [1.54, 1.807) is 7.11 Å². The number of ether oxygens (including phenoxy) is 1. The van der Waals surface area contributed by atoms with Gasteiger partial charge in [0, 0.05) is 13.7 Å². The van der Waals surface area contributed by atoms with Crippen LogP contribution in [-0.2, 0) is 11.3 Å². The molecular formula is C15H23NO. The minimum Gasteiger partial charge on any atom is -0.380 e. The number of nitrogens with one attached hydrogen (secondary N) is 1. The lowest BCUT2D eigenvalue weighted by molar-refractivity contribution is 0.185. The van der Waals surface area contributed by atoms with Gasteiger partial charge in [-0.3, -0.25) is 0 Å². The van der Waals surface area contributed by atoms with Gasteiger partial charge in [0.25, 0.3) is 0 Å². The van der Waals surface area contributed by atoms with Crippen LogP contribution in [-0.4, -0.2) is 20.7 Å². The molecule has 0 aliphatic rings. The van der Waals surface area contributed by atoms with Gasteiger partial charge in [-0.2, -0.15) is 0 Å². The molecule has 0 heterocycles. The fourth-order valence-electron chi connectivity index (χ4n) is 1.78. The van der Waals surface area contributed by atoms with Crippen molar-refractivity contribution in [3.8, 4) is 0 Å². The summed E-state index contributed by atoms with van der Waals surface area (Å²) < 4.78 is 5.15. The zero-order valence-electron chi connectivity index (χ0n) is 11.3. The smallest absolute Gasteiger partial charge is 0.0713 e. The van der Waals surface area contributed by atoms with Gasteiger partial charge in [-0.05, 0) is 30.2 Å². The van der Waals surface area contributed by atoms with E-state index in [4.69, 9.17) is 4.74 Å². The molecule has 1 aromatic carbocycles. The van der Waals surface area contributed by atoms with E-state index in [2.05, 4.69) is 49.5 Å². The molecule has 17 heavy (non-hydrogen) atoms. The normalized spacial score (nSPS) is 12.2. The molecule has 0 aromatic heterocycles. The van der Waals surface area contributed by atoms with Crippen molar-refractivity contribution in [1.29, 1.82) is 0 Å². The summed E-state index contributed by atoms with van der Waals surface area (Å²) in [7, 11) is 3.71. The maximum Gasteiger partial charge on any atom is 0.0713 e. The lowest BCUT2D eigenvalue weighted by Crippen LogP contribution is -2.13. The molecule has 0 spiro atoms. The second kappa shape index (κ2) is 7.25. The number of likely N-dealkylation sites (N-methyl/N-ethyl adjacent to an activating group) is 1. The summed E-state index contributed by atoms with van der Waals surface area (Å²) in [5.74, 6) is 0.563. The van der Waals surface area contributed by atoms with Gasteiger partial charge in [-0.1, -0.05) is 43.7 Å². The number of benzene rings is 1. The Balaban J connectivity index is 2.90. The first-order chi connectivity index (χ1) is 8.17. The first-order valence-electron chi connectivity index (χ1n) is 6.10. The van der Waals surface area contributed by atoms with Crippen LogP contribution in [0.2, 0.25) is 0 Å². The van der Waals surface area contributed by atoms with Gasteiger partial charge in [0.15, 0.2) is 0 Å². The number of methoxy groups -OCH3 is 1. The van der Waals surface area contributed by atoms with Gasteiger partial charge < -0.3 is 10.1 Å². The Hall–Kier alpha value is -1.12. The van der Waals surface area contributed by atoms with E-state index >= 15 is 0 Å². The Morgan fingerprint density at radius 2 is 2.18 bits per heavy atom. The molecule has 0 fully saturated rings. The van der Waals surface area contributed by atoms with Crippen LogP contribution in [0.1, 0.15) is 25.0 Å². The number of hydrogen-bond acceptors (Lipinski definition) is 2. The van der Waals surface area contributed by atoms with Gasteiger partial charge in [-0.25, -0.2) is 0 Å². The quantitative estimate of drug-likeness (QED) is 0.815. The van der Waals surface area contributed by atoms with Crippen LogP contribution in [0.5, 0.6) is 0 Å². The molecule has 0 amide bonds. The third kappa shape index (κ3) is 4.72. The maximum absolute atomic E-state index is 5.15. The summed E-state index contributed by atoms with van der Waals surface area (Å²) in [5.41, 5.74) is 3.88. The highest BCUT2D eigenvalue weighted by Gasteiger charge is 2.02. The largest absolute Gasteiger partial charge is 0.380 e. The molecule has 0 aliphatic heterocycles. The first-order valence-corrected chi connectivity index (χ1v) is 6.10. The SMILES string of the molecule is CNCC(=Cc1cccc(COC)c1)C(C)C. The second-order valence-corrected chi connectivity index (χ2v) is 4.58. The lowest BCUT2D eigenvalue weighted by Gasteiger charge is -2.11. The van der Waals surface area contributed by atoms with Crippen molar-refractivity contribution in [2.24, 2.45) is 5.92 Å². The molecule has 1 N–H and O–H groups in total. The summed E-state index contributed by atoms with van der Waals surface area (Å²) in [6.07, 6.45) is 2.26. The van der Waals surface area contributed by atoms with Crippen LogP contribution in [0.4, 0.5) is 0 Å². The molecule has 2 heteroatoms. The predicted octanol–water partition coefficient (Wildman–Crippen LogP) is 3.09. The van der Waals surface area contributed by atoms with Crippen molar-refractivity contribution in [2.75, 3.05) is 20.7 Å². The van der Waals surface area contributed by atoms with E-state index in [-0.39, 0.29) is 0 Å². The molecule has 0 unspecified atom stereocenters. The minimum absolute atomic E-state index is 0.563. The van der Waals surface area contributed by atoms with Crippen LogP contribution in [0.15, 0.2) is 29.8 Å². The van der Waals surface area contributed by atoms with Crippen LogP contribution in [0.25, 0.3) is 6.08 Å². The molecule has 1 rings (SSSR count). The van der Waals surface area contributed by atoms with Crippen molar-refractivity contribution >= 4 is 6.08 Å². The molecule has 1 aromatic rings. The van der Waals surface area contributed by atoms with Crippen molar-refractivity contribution in [2.45, 2.75) is 20.5 Å². The standard InChI is InChI=1S/C15H23NO/c1-12(2)15(10-16-3)9-13-6-5-7-14(8-13)11-17-4/h5-9,12,16H,10-11H2,1-4H3. The van der Waals surface area contributed by atoms with Crippen LogP contribution in [0.3, 0.4) is 0 Å². The molecule has 0 saturated carbocycles. The van der Waals surface area contributed by atoms with Crippen LogP contribution in [0, 0.1) is 5.92 Å². The van der Waals surface area contributed by atoms with Gasteiger partial charge in [0.05, 0.1) is 6.61 Å². The van der Waals surface area contributed by atoms with Crippen molar-refractivity contribution < 1.29 is 4.74 Å². The Morgan fingerprint density at radius 1 is 1.41 bits per heavy atom. The van der Waals surface area contributed by atoms with Gasteiger partial charge in [0.2, 0.25) is 0 Å². The van der Waals surface area contributed by atoms with E-state index < -0.39 is 0 Å². The highest BCUT2D eigenvalue weighted by molar-refractivity contribution is 5.54. The van der Waals surface area contributed by atoms with Crippen LogP contribution < -0.4 is 5.32 Å². The predicted molar refractivity (Wildman–Crippen MR) is 73.9 cm³/mol. The number of hydrogen-bond donors (Lipinski definition) is 1. The molecule has 0 saturated heterocycles. The van der Waals surface area contributed by atoms with Crippen molar-refractivity contribution in [3.63, 3.8) is 0 Å². The highest BCUT2D eigenvalue weighted by atomic mass is 16.5. The highest BCUT2D eigenvalue weighted by Crippen LogP contribution is 2.15.